The van der Waals surface area contributed by atoms with Crippen molar-refractivity contribution in [2.75, 3.05) is 13.1 Å². The number of amides is 2. The molecule has 2 aliphatic rings. The fourth-order valence-electron chi connectivity index (χ4n) is 5.66. The number of ether oxygens (including phenoxy) is 3. The molecule has 45 heavy (non-hydrogen) atoms. The Morgan fingerprint density at radius 2 is 0.889 bits per heavy atom. The van der Waals surface area contributed by atoms with Crippen LogP contribution in [0.25, 0.3) is 0 Å². The smallest absolute Gasteiger partial charge is 0.220 e. The van der Waals surface area contributed by atoms with E-state index in [1.807, 2.05) is 0 Å². The minimum Gasteiger partial charge on any atom is -0.388 e. The molecular formula is C32H60N2O11. The van der Waals surface area contributed by atoms with Gasteiger partial charge in [0.1, 0.15) is 36.6 Å². The molecule has 10 atom stereocenters. The molecule has 0 aromatic heterocycles. The molecule has 2 amide bonds. The average molecular weight is 649 g/mol. The van der Waals surface area contributed by atoms with E-state index >= 15 is 0 Å². The summed E-state index contributed by atoms with van der Waals surface area (Å²) >= 11 is 0. The summed E-state index contributed by atoms with van der Waals surface area (Å²) in [5.41, 5.74) is 0. The minimum absolute atomic E-state index is 0.00352. The third kappa shape index (κ3) is 14.1. The van der Waals surface area contributed by atoms with Crippen LogP contribution in [0.3, 0.4) is 0 Å². The van der Waals surface area contributed by atoms with Crippen molar-refractivity contribution in [3.05, 3.63) is 0 Å². The van der Waals surface area contributed by atoms with Crippen molar-refractivity contribution in [3.8, 4) is 0 Å². The number of hydrogen-bond acceptors (Lipinski definition) is 11. The van der Waals surface area contributed by atoms with E-state index in [9.17, 15) is 40.2 Å². The van der Waals surface area contributed by atoms with Gasteiger partial charge < -0.3 is 55.5 Å². The summed E-state index contributed by atoms with van der Waals surface area (Å²) in [6.07, 6.45) is -1.93. The molecule has 0 aromatic rings. The van der Waals surface area contributed by atoms with E-state index < -0.39 is 61.4 Å². The molecule has 0 bridgehead atoms. The third-order valence-electron chi connectivity index (χ3n) is 8.62. The van der Waals surface area contributed by atoms with Crippen LogP contribution in [-0.2, 0) is 23.8 Å². The Morgan fingerprint density at radius 3 is 1.27 bits per heavy atom. The maximum absolute atomic E-state index is 12.3. The first-order valence-corrected chi connectivity index (χ1v) is 17.2. The topological polar surface area (TPSA) is 207 Å². The number of rotatable bonds is 22. The molecule has 2 aliphatic heterocycles. The number of nitrogens with one attached hydrogen (secondary N) is 2. The SMILES string of the molecule is CCCCCCCCNC(=O)CC[C@H]1O[C@H](OC2O[C@H](CCC(=O)NCCCCCCCC)[C@@H](O)[C@H](O)[C@H]2O)[C@H](O)[C@H](O)[C@@H]1O. The van der Waals surface area contributed by atoms with Crippen molar-refractivity contribution in [1.29, 1.82) is 0 Å². The molecule has 2 heterocycles. The Kier molecular flexibility index (Phi) is 19.6. The minimum atomic E-state index is -1.73. The van der Waals surface area contributed by atoms with Gasteiger partial charge in [-0.15, -0.1) is 0 Å². The highest BCUT2D eigenvalue weighted by Gasteiger charge is 2.49. The van der Waals surface area contributed by atoms with Crippen molar-refractivity contribution in [1.82, 2.24) is 10.6 Å². The Hall–Kier alpha value is -1.42. The molecule has 0 aliphatic carbocycles. The van der Waals surface area contributed by atoms with E-state index in [1.54, 1.807) is 0 Å². The van der Waals surface area contributed by atoms with Gasteiger partial charge >= 0.3 is 0 Å². The zero-order chi connectivity index (χ0) is 33.2. The fourth-order valence-corrected chi connectivity index (χ4v) is 5.66. The van der Waals surface area contributed by atoms with Crippen LogP contribution in [-0.4, -0.2) is 117 Å². The third-order valence-corrected chi connectivity index (χ3v) is 8.62. The highest BCUT2D eigenvalue weighted by atomic mass is 16.8. The van der Waals surface area contributed by atoms with Gasteiger partial charge in [-0.1, -0.05) is 78.1 Å². The van der Waals surface area contributed by atoms with Crippen molar-refractivity contribution < 1.29 is 54.4 Å². The van der Waals surface area contributed by atoms with Crippen molar-refractivity contribution in [2.45, 2.75) is 178 Å². The second-order valence-electron chi connectivity index (χ2n) is 12.5. The van der Waals surface area contributed by atoms with Crippen molar-refractivity contribution in [3.63, 3.8) is 0 Å². The van der Waals surface area contributed by atoms with E-state index in [-0.39, 0.29) is 37.5 Å². The molecule has 13 heteroatoms. The Morgan fingerprint density at radius 1 is 0.533 bits per heavy atom. The van der Waals surface area contributed by atoms with Gasteiger partial charge in [0.2, 0.25) is 11.8 Å². The highest BCUT2D eigenvalue weighted by Crippen LogP contribution is 2.30. The lowest BCUT2D eigenvalue weighted by molar-refractivity contribution is -0.374. The molecule has 1 unspecified atom stereocenters. The largest absolute Gasteiger partial charge is 0.388 e. The molecule has 8 N–H and O–H groups in total. The first-order valence-electron chi connectivity index (χ1n) is 17.2. The molecule has 0 aromatic carbocycles. The first-order chi connectivity index (χ1) is 21.6. The summed E-state index contributed by atoms with van der Waals surface area (Å²) in [6, 6.07) is 0. The fraction of sp³-hybridized carbons (Fsp3) is 0.938. The number of unbranched alkanes of at least 4 members (excludes halogenated alkanes) is 10. The van der Waals surface area contributed by atoms with Crippen LogP contribution in [0.5, 0.6) is 0 Å². The lowest BCUT2D eigenvalue weighted by atomic mass is 9.94. The van der Waals surface area contributed by atoms with Crippen LogP contribution in [0.15, 0.2) is 0 Å². The Bertz CT molecular complexity index is 758. The summed E-state index contributed by atoms with van der Waals surface area (Å²) in [5, 5.41) is 68.5. The summed E-state index contributed by atoms with van der Waals surface area (Å²) in [5.74, 6) is -0.473. The molecule has 0 saturated carbocycles. The Labute approximate surface area is 268 Å². The van der Waals surface area contributed by atoms with Gasteiger partial charge in [0.25, 0.3) is 0 Å². The average Bonchev–Trinajstić information content (AvgIpc) is 3.03. The zero-order valence-corrected chi connectivity index (χ0v) is 27.2. The summed E-state index contributed by atoms with van der Waals surface area (Å²) < 4.78 is 17.0. The molecule has 13 nitrogen and oxygen atoms in total. The molecule has 2 rings (SSSR count). The van der Waals surface area contributed by atoms with Crippen LogP contribution in [0.4, 0.5) is 0 Å². The van der Waals surface area contributed by atoms with Gasteiger partial charge in [-0.25, -0.2) is 0 Å². The molecule has 0 radical (unpaired) electrons. The summed E-state index contributed by atoms with van der Waals surface area (Å²) in [4.78, 5) is 24.6. The standard InChI is InChI=1S/C32H60N2O11/c1-3-5-7-9-11-13-19-33-23(35)17-15-21-25(37)27(39)29(41)31(43-21)45-32-30(42)28(40)26(38)22(44-32)16-18-24(36)34-20-14-12-10-8-6-4-2/h21-22,25-32,37-42H,3-20H2,1-2H3,(H,33,35)(H,34,36)/t21-,22-,25-,26-,27-,28+,29-,30-,31-,32?/m1/s1. The van der Waals surface area contributed by atoms with Gasteiger partial charge in [-0.2, -0.15) is 0 Å². The van der Waals surface area contributed by atoms with E-state index in [0.717, 1.165) is 38.5 Å². The molecule has 2 saturated heterocycles. The van der Waals surface area contributed by atoms with E-state index in [1.165, 1.54) is 38.5 Å². The lowest BCUT2D eigenvalue weighted by Gasteiger charge is -2.45. The van der Waals surface area contributed by atoms with Gasteiger partial charge in [-0.3, -0.25) is 9.59 Å². The summed E-state index contributed by atoms with van der Waals surface area (Å²) in [6.45, 7) is 5.39. The second kappa shape index (κ2) is 22.2. The van der Waals surface area contributed by atoms with Gasteiger partial charge in [0.15, 0.2) is 12.6 Å². The lowest BCUT2D eigenvalue weighted by Crippen LogP contribution is -2.63. The quantitative estimate of drug-likeness (QED) is 0.0781. The predicted octanol–water partition coefficient (Wildman–Crippen LogP) is 1.13. The van der Waals surface area contributed by atoms with Crippen LogP contribution < -0.4 is 10.6 Å². The van der Waals surface area contributed by atoms with Crippen molar-refractivity contribution in [2.24, 2.45) is 0 Å². The van der Waals surface area contributed by atoms with Crippen molar-refractivity contribution >= 4 is 11.8 Å². The predicted molar refractivity (Wildman–Crippen MR) is 166 cm³/mol. The second-order valence-corrected chi connectivity index (χ2v) is 12.5. The Balaban J connectivity index is 1.82. The molecule has 264 valence electrons. The van der Waals surface area contributed by atoms with Gasteiger partial charge in [0.05, 0.1) is 12.2 Å². The normalized spacial score (nSPS) is 31.9. The number of aliphatic hydroxyl groups is 6. The maximum atomic E-state index is 12.3. The van der Waals surface area contributed by atoms with Gasteiger partial charge in [0, 0.05) is 25.9 Å². The summed E-state index contributed by atoms with van der Waals surface area (Å²) in [7, 11) is 0. The molecular weight excluding hydrogens is 588 g/mol. The monoisotopic (exact) mass is 648 g/mol. The number of hydrogen-bond donors (Lipinski definition) is 8. The highest BCUT2D eigenvalue weighted by molar-refractivity contribution is 5.76. The van der Waals surface area contributed by atoms with Crippen LogP contribution >= 0.6 is 0 Å². The number of carbonyl (C=O) groups excluding carboxylic acids is 2. The molecule has 2 fully saturated rings. The number of aliphatic hydroxyl groups excluding tert-OH is 6. The van der Waals surface area contributed by atoms with Crippen LogP contribution in [0.1, 0.15) is 117 Å². The van der Waals surface area contributed by atoms with Crippen LogP contribution in [0.2, 0.25) is 0 Å². The van der Waals surface area contributed by atoms with E-state index in [0.29, 0.717) is 13.1 Å². The van der Waals surface area contributed by atoms with Crippen LogP contribution in [0, 0.1) is 0 Å². The molecule has 0 spiro atoms. The van der Waals surface area contributed by atoms with E-state index in [4.69, 9.17) is 14.2 Å². The maximum Gasteiger partial charge on any atom is 0.220 e. The zero-order valence-electron chi connectivity index (χ0n) is 27.2. The van der Waals surface area contributed by atoms with Gasteiger partial charge in [-0.05, 0) is 25.7 Å². The van der Waals surface area contributed by atoms with E-state index in [2.05, 4.69) is 24.5 Å². The number of carbonyl (C=O) groups is 2. The first kappa shape index (κ1) is 39.8.